The van der Waals surface area contributed by atoms with Crippen LogP contribution in [0.25, 0.3) is 0 Å². The highest BCUT2D eigenvalue weighted by Crippen LogP contribution is 2.04. The van der Waals surface area contributed by atoms with E-state index in [1.165, 1.54) is 0 Å². The smallest absolute Gasteiger partial charge is 0.0475 e. The molecule has 3 heteroatoms. The van der Waals surface area contributed by atoms with Gasteiger partial charge in [0.2, 0.25) is 0 Å². The van der Waals surface area contributed by atoms with Gasteiger partial charge in [0.15, 0.2) is 0 Å². The van der Waals surface area contributed by atoms with Crippen LogP contribution in [0.1, 0.15) is 0 Å². The lowest BCUT2D eigenvalue weighted by atomic mass is 10.3. The number of piperazine rings is 1. The molecule has 1 aliphatic heterocycles. The molecule has 0 aromatic carbocycles. The minimum absolute atomic E-state index is 1.03. The maximum absolute atomic E-state index is 3.95. The van der Waals surface area contributed by atoms with E-state index < -0.39 is 0 Å². The molecule has 12 heavy (non-hydrogen) atoms. The third-order valence-corrected chi connectivity index (χ3v) is 2.19. The third kappa shape index (κ3) is 2.34. The Morgan fingerprint density at radius 1 is 1.33 bits per heavy atom. The second kappa shape index (κ2) is 4.26. The number of nitrogens with zero attached hydrogens (tertiary/aromatic N) is 3. The van der Waals surface area contributed by atoms with E-state index in [0.717, 1.165) is 31.9 Å². The van der Waals surface area contributed by atoms with Crippen molar-refractivity contribution in [3.63, 3.8) is 0 Å². The highest BCUT2D eigenvalue weighted by molar-refractivity contribution is 5.76. The molecule has 1 fully saturated rings. The van der Waals surface area contributed by atoms with E-state index in [1.807, 2.05) is 6.21 Å². The summed E-state index contributed by atoms with van der Waals surface area (Å²) in [6.07, 6.45) is 1.82. The van der Waals surface area contributed by atoms with Crippen LogP contribution in [-0.2, 0) is 0 Å². The first-order chi connectivity index (χ1) is 5.74. The fourth-order valence-electron chi connectivity index (χ4n) is 1.32. The molecule has 1 rings (SSSR count). The summed E-state index contributed by atoms with van der Waals surface area (Å²) in [6, 6.07) is 0. The van der Waals surface area contributed by atoms with Crippen molar-refractivity contribution < 1.29 is 0 Å². The SMILES string of the molecule is C=C(C=NC)N1CCN(C)CC1. The molecule has 0 unspecified atom stereocenters. The zero-order valence-electron chi connectivity index (χ0n) is 7.95. The van der Waals surface area contributed by atoms with Crippen LogP contribution in [0, 0.1) is 0 Å². The molecule has 1 saturated heterocycles. The number of aliphatic imine (C=N–C) groups is 1. The van der Waals surface area contributed by atoms with Crippen LogP contribution in [-0.4, -0.2) is 56.3 Å². The van der Waals surface area contributed by atoms with Crippen LogP contribution in [0.15, 0.2) is 17.3 Å². The first-order valence-corrected chi connectivity index (χ1v) is 4.28. The van der Waals surface area contributed by atoms with Gasteiger partial charge in [0, 0.05) is 45.1 Å². The lowest BCUT2D eigenvalue weighted by molar-refractivity contribution is 0.193. The Morgan fingerprint density at radius 3 is 2.42 bits per heavy atom. The molecule has 0 amide bonds. The molecular formula is C9H17N3. The first-order valence-electron chi connectivity index (χ1n) is 4.28. The Kier molecular flexibility index (Phi) is 3.29. The van der Waals surface area contributed by atoms with Crippen molar-refractivity contribution in [3.8, 4) is 0 Å². The minimum atomic E-state index is 1.03. The van der Waals surface area contributed by atoms with Crippen molar-refractivity contribution in [1.82, 2.24) is 9.80 Å². The summed E-state index contributed by atoms with van der Waals surface area (Å²) in [5.41, 5.74) is 1.03. The maximum Gasteiger partial charge on any atom is 0.0475 e. The van der Waals surface area contributed by atoms with Crippen LogP contribution in [0.4, 0.5) is 0 Å². The summed E-state index contributed by atoms with van der Waals surface area (Å²) in [5.74, 6) is 0. The van der Waals surface area contributed by atoms with Crippen molar-refractivity contribution in [1.29, 1.82) is 0 Å². The second-order valence-electron chi connectivity index (χ2n) is 3.17. The quantitative estimate of drug-likeness (QED) is 0.556. The molecule has 3 nitrogen and oxygen atoms in total. The van der Waals surface area contributed by atoms with Crippen molar-refractivity contribution in [3.05, 3.63) is 12.3 Å². The van der Waals surface area contributed by atoms with E-state index in [9.17, 15) is 0 Å². The number of rotatable bonds is 2. The van der Waals surface area contributed by atoms with E-state index in [2.05, 4.69) is 28.4 Å². The van der Waals surface area contributed by atoms with Crippen molar-refractivity contribution in [2.24, 2.45) is 4.99 Å². The molecule has 0 aliphatic carbocycles. The van der Waals surface area contributed by atoms with Gasteiger partial charge >= 0.3 is 0 Å². The van der Waals surface area contributed by atoms with Gasteiger partial charge in [-0.05, 0) is 7.05 Å². The van der Waals surface area contributed by atoms with Gasteiger partial charge in [-0.2, -0.15) is 0 Å². The van der Waals surface area contributed by atoms with Gasteiger partial charge in [0.25, 0.3) is 0 Å². The van der Waals surface area contributed by atoms with Crippen molar-refractivity contribution in [2.75, 3.05) is 40.3 Å². The first kappa shape index (κ1) is 9.26. The zero-order chi connectivity index (χ0) is 8.97. The summed E-state index contributed by atoms with van der Waals surface area (Å²) in [7, 11) is 3.93. The van der Waals surface area contributed by atoms with E-state index in [4.69, 9.17) is 0 Å². The highest BCUT2D eigenvalue weighted by atomic mass is 15.2. The Bertz CT molecular complexity index is 178. The second-order valence-corrected chi connectivity index (χ2v) is 3.17. The summed E-state index contributed by atoms with van der Waals surface area (Å²) in [5, 5.41) is 0. The predicted molar refractivity (Wildman–Crippen MR) is 52.6 cm³/mol. The molecule has 1 heterocycles. The summed E-state index contributed by atoms with van der Waals surface area (Å²) >= 11 is 0. The largest absolute Gasteiger partial charge is 0.368 e. The van der Waals surface area contributed by atoms with E-state index in [0.29, 0.717) is 0 Å². The number of hydrogen-bond donors (Lipinski definition) is 0. The van der Waals surface area contributed by atoms with Crippen molar-refractivity contribution in [2.45, 2.75) is 0 Å². The Hall–Kier alpha value is -0.830. The van der Waals surface area contributed by atoms with Gasteiger partial charge in [0.05, 0.1) is 0 Å². The van der Waals surface area contributed by atoms with Crippen LogP contribution in [0.5, 0.6) is 0 Å². The predicted octanol–water partition coefficient (Wildman–Crippen LogP) is 0.448. The summed E-state index contributed by atoms with van der Waals surface area (Å²) < 4.78 is 0. The van der Waals surface area contributed by atoms with Crippen LogP contribution < -0.4 is 0 Å². The third-order valence-electron chi connectivity index (χ3n) is 2.19. The molecule has 68 valence electrons. The van der Waals surface area contributed by atoms with Gasteiger partial charge in [-0.15, -0.1) is 0 Å². The lowest BCUT2D eigenvalue weighted by Gasteiger charge is -2.33. The monoisotopic (exact) mass is 167 g/mol. The Morgan fingerprint density at radius 2 is 1.92 bits per heavy atom. The molecule has 0 radical (unpaired) electrons. The fourth-order valence-corrected chi connectivity index (χ4v) is 1.32. The summed E-state index contributed by atoms with van der Waals surface area (Å²) in [4.78, 5) is 8.55. The molecule has 0 saturated carbocycles. The standard InChI is InChI=1S/C9H17N3/c1-9(8-10-2)12-6-4-11(3)5-7-12/h8H,1,4-7H2,2-3H3. The Balaban J connectivity index is 2.39. The number of allylic oxidation sites excluding steroid dienone is 1. The van der Waals surface area contributed by atoms with Gasteiger partial charge in [-0.25, -0.2) is 0 Å². The molecule has 0 N–H and O–H groups in total. The van der Waals surface area contributed by atoms with E-state index >= 15 is 0 Å². The minimum Gasteiger partial charge on any atom is -0.368 e. The van der Waals surface area contributed by atoms with E-state index in [-0.39, 0.29) is 0 Å². The molecule has 0 aromatic heterocycles. The van der Waals surface area contributed by atoms with Crippen LogP contribution >= 0.6 is 0 Å². The molecule has 0 spiro atoms. The normalized spacial score (nSPS) is 20.3. The maximum atomic E-state index is 3.95. The number of hydrogen-bond acceptors (Lipinski definition) is 3. The van der Waals surface area contributed by atoms with Gasteiger partial charge in [0.1, 0.15) is 0 Å². The fraction of sp³-hybridized carbons (Fsp3) is 0.667. The zero-order valence-corrected chi connectivity index (χ0v) is 7.95. The van der Waals surface area contributed by atoms with Gasteiger partial charge in [-0.3, -0.25) is 4.99 Å². The molecular weight excluding hydrogens is 150 g/mol. The van der Waals surface area contributed by atoms with Gasteiger partial charge < -0.3 is 9.80 Å². The average molecular weight is 167 g/mol. The Labute approximate surface area is 74.4 Å². The van der Waals surface area contributed by atoms with Crippen molar-refractivity contribution >= 4 is 6.21 Å². The summed E-state index contributed by atoms with van der Waals surface area (Å²) in [6.45, 7) is 8.34. The number of likely N-dealkylation sites (N-methyl/N-ethyl adjacent to an activating group) is 1. The molecule has 0 aromatic rings. The molecule has 0 atom stereocenters. The van der Waals surface area contributed by atoms with Gasteiger partial charge in [-0.1, -0.05) is 6.58 Å². The molecule has 1 aliphatic rings. The lowest BCUT2D eigenvalue weighted by Crippen LogP contribution is -2.43. The molecule has 0 bridgehead atoms. The topological polar surface area (TPSA) is 18.8 Å². The van der Waals surface area contributed by atoms with Crippen LogP contribution in [0.2, 0.25) is 0 Å². The average Bonchev–Trinajstić information content (AvgIpc) is 2.06. The van der Waals surface area contributed by atoms with Crippen LogP contribution in [0.3, 0.4) is 0 Å². The van der Waals surface area contributed by atoms with E-state index in [1.54, 1.807) is 7.05 Å². The highest BCUT2D eigenvalue weighted by Gasteiger charge is 2.13.